The van der Waals surface area contributed by atoms with Gasteiger partial charge in [-0.2, -0.15) is 0 Å². The Balaban J connectivity index is 2.41. The Labute approximate surface area is 145 Å². The van der Waals surface area contributed by atoms with Crippen molar-refractivity contribution in [1.82, 2.24) is 10.3 Å². The Bertz CT molecular complexity index is 562. The van der Waals surface area contributed by atoms with Crippen molar-refractivity contribution in [3.8, 4) is 0 Å². The lowest BCUT2D eigenvalue weighted by molar-refractivity contribution is -0.112. The lowest BCUT2D eigenvalue weighted by Crippen LogP contribution is -2.41. The van der Waals surface area contributed by atoms with Crippen molar-refractivity contribution >= 4 is 11.9 Å². The Morgan fingerprint density at radius 2 is 2.12 bits per heavy atom. The Morgan fingerprint density at radius 3 is 2.75 bits per heavy atom. The number of hydrogen-bond acceptors (Lipinski definition) is 4. The first kappa shape index (κ1) is 20.0. The van der Waals surface area contributed by atoms with Crippen molar-refractivity contribution in [2.24, 2.45) is 0 Å². The van der Waals surface area contributed by atoms with E-state index in [-0.39, 0.29) is 6.10 Å². The molecule has 0 saturated carbocycles. The van der Waals surface area contributed by atoms with Crippen molar-refractivity contribution in [3.63, 3.8) is 0 Å². The molecule has 24 heavy (non-hydrogen) atoms. The first-order chi connectivity index (χ1) is 11.5. The maximum Gasteiger partial charge on any atom is 0.139 e. The summed E-state index contributed by atoms with van der Waals surface area (Å²) in [6.07, 6.45) is 13.1. The van der Waals surface area contributed by atoms with E-state index < -0.39 is 5.54 Å². The highest BCUT2D eigenvalue weighted by molar-refractivity contribution is 5.74. The SMILES string of the molecule is C=C/C=C(\C=C/C(C)OCCCNC(C)(C)C=O)c1ccncc1. The summed E-state index contributed by atoms with van der Waals surface area (Å²) in [6.45, 7) is 10.9. The van der Waals surface area contributed by atoms with Gasteiger partial charge in [0.25, 0.3) is 0 Å². The number of aromatic nitrogens is 1. The molecule has 1 atom stereocenters. The third-order valence-corrected chi connectivity index (χ3v) is 3.43. The Hall–Kier alpha value is -2.04. The molecule has 1 aromatic heterocycles. The molecule has 1 heterocycles. The standard InChI is InChI=1S/C20H28N2O2/c1-5-7-18(19-10-13-21-14-11-19)9-8-17(2)24-15-6-12-22-20(3,4)16-23/h5,7-11,13-14,16-17,22H,1,6,12,15H2,2-4H3/b9-8-,18-7+. The van der Waals surface area contributed by atoms with Crippen LogP contribution in [-0.2, 0) is 9.53 Å². The summed E-state index contributed by atoms with van der Waals surface area (Å²) >= 11 is 0. The van der Waals surface area contributed by atoms with Crippen molar-refractivity contribution in [1.29, 1.82) is 0 Å². The van der Waals surface area contributed by atoms with Crippen LogP contribution in [0.4, 0.5) is 0 Å². The summed E-state index contributed by atoms with van der Waals surface area (Å²) < 4.78 is 5.77. The van der Waals surface area contributed by atoms with Gasteiger partial charge in [0.1, 0.15) is 6.29 Å². The maximum atomic E-state index is 10.8. The predicted octanol–water partition coefficient (Wildman–Crippen LogP) is 3.57. The highest BCUT2D eigenvalue weighted by atomic mass is 16.5. The minimum Gasteiger partial charge on any atom is -0.374 e. The molecule has 1 rings (SSSR count). The van der Waals surface area contributed by atoms with Crippen LogP contribution in [0.5, 0.6) is 0 Å². The van der Waals surface area contributed by atoms with E-state index in [4.69, 9.17) is 4.74 Å². The zero-order valence-electron chi connectivity index (χ0n) is 14.9. The van der Waals surface area contributed by atoms with Gasteiger partial charge < -0.3 is 14.8 Å². The van der Waals surface area contributed by atoms with Crippen molar-refractivity contribution in [2.45, 2.75) is 38.8 Å². The zero-order chi connectivity index (χ0) is 17.8. The summed E-state index contributed by atoms with van der Waals surface area (Å²) in [7, 11) is 0. The van der Waals surface area contributed by atoms with Gasteiger partial charge in [0.2, 0.25) is 0 Å². The minimum absolute atomic E-state index is 0.0131. The minimum atomic E-state index is -0.472. The molecule has 130 valence electrons. The van der Waals surface area contributed by atoms with Gasteiger partial charge in [-0.25, -0.2) is 0 Å². The fourth-order valence-corrected chi connectivity index (χ4v) is 2.01. The summed E-state index contributed by atoms with van der Waals surface area (Å²) in [5, 5.41) is 3.18. The van der Waals surface area contributed by atoms with Gasteiger partial charge >= 0.3 is 0 Å². The number of allylic oxidation sites excluding steroid dienone is 4. The molecular formula is C20H28N2O2. The number of carbonyl (C=O) groups excluding carboxylic acids is 1. The first-order valence-corrected chi connectivity index (χ1v) is 8.23. The van der Waals surface area contributed by atoms with Gasteiger partial charge in [0, 0.05) is 19.0 Å². The number of carbonyl (C=O) groups is 1. The van der Waals surface area contributed by atoms with E-state index in [1.54, 1.807) is 18.5 Å². The number of hydrogen-bond donors (Lipinski definition) is 1. The van der Waals surface area contributed by atoms with Crippen molar-refractivity contribution < 1.29 is 9.53 Å². The van der Waals surface area contributed by atoms with E-state index in [9.17, 15) is 4.79 Å². The van der Waals surface area contributed by atoms with Crippen molar-refractivity contribution in [2.75, 3.05) is 13.2 Å². The normalized spacial score (nSPS) is 13.9. The van der Waals surface area contributed by atoms with Gasteiger partial charge in [-0.3, -0.25) is 4.98 Å². The fourth-order valence-electron chi connectivity index (χ4n) is 2.01. The summed E-state index contributed by atoms with van der Waals surface area (Å²) in [6, 6.07) is 3.93. The molecule has 1 aromatic rings. The zero-order valence-corrected chi connectivity index (χ0v) is 14.9. The molecule has 1 N–H and O–H groups in total. The average Bonchev–Trinajstić information content (AvgIpc) is 2.59. The van der Waals surface area contributed by atoms with Crippen LogP contribution in [0.1, 0.15) is 32.8 Å². The molecule has 0 spiro atoms. The van der Waals surface area contributed by atoms with Crippen LogP contribution >= 0.6 is 0 Å². The van der Waals surface area contributed by atoms with Gasteiger partial charge in [-0.15, -0.1) is 0 Å². The quantitative estimate of drug-likeness (QED) is 0.383. The molecule has 4 heteroatoms. The fraction of sp³-hybridized carbons (Fsp3) is 0.400. The molecule has 0 bridgehead atoms. The van der Waals surface area contributed by atoms with Crippen LogP contribution in [-0.4, -0.2) is 36.1 Å². The molecule has 0 aliphatic rings. The van der Waals surface area contributed by atoms with Crippen LogP contribution in [0, 0.1) is 0 Å². The third-order valence-electron chi connectivity index (χ3n) is 3.43. The molecule has 4 nitrogen and oxygen atoms in total. The lowest BCUT2D eigenvalue weighted by Gasteiger charge is -2.19. The lowest BCUT2D eigenvalue weighted by atomic mass is 10.1. The molecule has 0 radical (unpaired) electrons. The molecule has 1 unspecified atom stereocenters. The first-order valence-electron chi connectivity index (χ1n) is 8.23. The van der Waals surface area contributed by atoms with Crippen molar-refractivity contribution in [3.05, 3.63) is 61.0 Å². The van der Waals surface area contributed by atoms with E-state index in [1.165, 1.54) is 0 Å². The highest BCUT2D eigenvalue weighted by Gasteiger charge is 2.13. The predicted molar refractivity (Wildman–Crippen MR) is 99.7 cm³/mol. The van der Waals surface area contributed by atoms with E-state index in [0.717, 1.165) is 30.4 Å². The van der Waals surface area contributed by atoms with Gasteiger partial charge in [-0.05, 0) is 57.0 Å². The Morgan fingerprint density at radius 1 is 1.42 bits per heavy atom. The van der Waals surface area contributed by atoms with E-state index in [0.29, 0.717) is 6.61 Å². The summed E-state index contributed by atoms with van der Waals surface area (Å²) in [5.74, 6) is 0. The highest BCUT2D eigenvalue weighted by Crippen LogP contribution is 2.15. The molecule has 0 saturated heterocycles. The van der Waals surface area contributed by atoms with Gasteiger partial charge in [0.15, 0.2) is 0 Å². The Kier molecular flexibility index (Phi) is 8.90. The molecular weight excluding hydrogens is 300 g/mol. The van der Waals surface area contributed by atoms with Crippen LogP contribution in [0.25, 0.3) is 5.57 Å². The van der Waals surface area contributed by atoms with Gasteiger partial charge in [-0.1, -0.05) is 30.9 Å². The second-order valence-electron chi connectivity index (χ2n) is 6.15. The number of ether oxygens (including phenoxy) is 1. The van der Waals surface area contributed by atoms with Crippen LogP contribution in [0.2, 0.25) is 0 Å². The molecule has 0 aromatic carbocycles. The maximum absolute atomic E-state index is 10.8. The summed E-state index contributed by atoms with van der Waals surface area (Å²) in [4.78, 5) is 14.8. The molecule has 0 aliphatic carbocycles. The number of aldehydes is 1. The van der Waals surface area contributed by atoms with E-state index in [1.807, 2.05) is 51.1 Å². The third kappa shape index (κ3) is 7.99. The number of nitrogens with zero attached hydrogens (tertiary/aromatic N) is 1. The van der Waals surface area contributed by atoms with E-state index in [2.05, 4.69) is 16.9 Å². The molecule has 0 fully saturated rings. The number of pyridine rings is 1. The van der Waals surface area contributed by atoms with Crippen LogP contribution < -0.4 is 5.32 Å². The molecule has 0 amide bonds. The van der Waals surface area contributed by atoms with Crippen LogP contribution in [0.3, 0.4) is 0 Å². The summed E-state index contributed by atoms with van der Waals surface area (Å²) in [5.41, 5.74) is 1.69. The average molecular weight is 328 g/mol. The van der Waals surface area contributed by atoms with E-state index >= 15 is 0 Å². The smallest absolute Gasteiger partial charge is 0.139 e. The second kappa shape index (κ2) is 10.7. The monoisotopic (exact) mass is 328 g/mol. The largest absolute Gasteiger partial charge is 0.374 e. The second-order valence-corrected chi connectivity index (χ2v) is 6.15. The van der Waals surface area contributed by atoms with Crippen LogP contribution in [0.15, 0.2) is 55.4 Å². The number of nitrogens with one attached hydrogen (secondary N) is 1. The number of rotatable bonds is 11. The van der Waals surface area contributed by atoms with Gasteiger partial charge in [0.05, 0.1) is 11.6 Å². The molecule has 0 aliphatic heterocycles. The topological polar surface area (TPSA) is 51.2 Å².